The van der Waals surface area contributed by atoms with E-state index in [1.54, 1.807) is 0 Å². The minimum atomic E-state index is -4.97. The van der Waals surface area contributed by atoms with Gasteiger partial charge in [-0.1, -0.05) is 6.07 Å². The molecule has 1 aliphatic rings. The van der Waals surface area contributed by atoms with Crippen molar-refractivity contribution < 1.29 is 40.6 Å². The van der Waals surface area contributed by atoms with Crippen molar-refractivity contribution in [3.63, 3.8) is 0 Å². The number of alkyl halides is 3. The molecule has 38 heavy (non-hydrogen) atoms. The molecule has 1 fully saturated rings. The number of halogens is 4. The lowest BCUT2D eigenvalue weighted by Crippen LogP contribution is -2.35. The quantitative estimate of drug-likeness (QED) is 0.337. The Morgan fingerprint density at radius 1 is 1.16 bits per heavy atom. The smallest absolute Gasteiger partial charge is 0.432 e. The van der Waals surface area contributed by atoms with E-state index in [1.807, 2.05) is 0 Å². The van der Waals surface area contributed by atoms with Crippen LogP contribution in [0.1, 0.15) is 52.1 Å². The fourth-order valence-electron chi connectivity index (χ4n) is 3.95. The highest BCUT2D eigenvalue weighted by Gasteiger charge is 2.40. The van der Waals surface area contributed by atoms with Gasteiger partial charge in [0.2, 0.25) is 0 Å². The van der Waals surface area contributed by atoms with Crippen LogP contribution >= 0.6 is 0 Å². The average molecular weight is 555 g/mol. The van der Waals surface area contributed by atoms with Crippen LogP contribution in [0.15, 0.2) is 35.2 Å². The van der Waals surface area contributed by atoms with Gasteiger partial charge in [-0.15, -0.1) is 10.2 Å². The predicted molar refractivity (Wildman–Crippen MR) is 126 cm³/mol. The number of anilines is 1. The Balaban J connectivity index is 1.76. The number of carbonyl (C=O) groups excluding carboxylic acids is 1. The molecule has 9 nitrogen and oxygen atoms in total. The van der Waals surface area contributed by atoms with Crippen molar-refractivity contribution in [2.24, 2.45) is 0 Å². The molecule has 1 saturated carbocycles. The summed E-state index contributed by atoms with van der Waals surface area (Å²) >= 11 is 0. The molecule has 0 saturated heterocycles. The third-order valence-electron chi connectivity index (χ3n) is 6.17. The number of pyridine rings is 1. The van der Waals surface area contributed by atoms with E-state index in [1.165, 1.54) is 31.2 Å². The van der Waals surface area contributed by atoms with E-state index < -0.39 is 61.9 Å². The largest absolute Gasteiger partial charge is 0.435 e. The maximum Gasteiger partial charge on any atom is 0.435 e. The molecule has 1 amide bonds. The molecule has 0 unspecified atom stereocenters. The first kappa shape index (κ1) is 27.4. The Labute approximate surface area is 214 Å². The second-order valence-corrected chi connectivity index (χ2v) is 11.1. The minimum absolute atomic E-state index is 0.0317. The minimum Gasteiger partial charge on any atom is -0.432 e. The Morgan fingerprint density at radius 2 is 1.84 bits per heavy atom. The number of aliphatic hydroxyl groups is 1. The van der Waals surface area contributed by atoms with Gasteiger partial charge >= 0.3 is 6.18 Å². The van der Waals surface area contributed by atoms with Gasteiger partial charge in [0.05, 0.1) is 10.6 Å². The fourth-order valence-corrected chi connectivity index (χ4v) is 4.62. The van der Waals surface area contributed by atoms with Crippen LogP contribution in [-0.2, 0) is 21.6 Å². The highest BCUT2D eigenvalue weighted by atomic mass is 32.2. The highest BCUT2D eigenvalue weighted by molar-refractivity contribution is 7.90. The molecule has 0 radical (unpaired) electrons. The molecule has 3 aromatic rings. The SMILES string of the molecule is Cc1cc(C2(O)CCC2)nc(F)c1Oc1nnc(C(F)(F)F)c(C)c1C(=O)Nc1cccc(S(C)(=O)=O)c1. The topological polar surface area (TPSA) is 131 Å². The highest BCUT2D eigenvalue weighted by Crippen LogP contribution is 2.42. The fraction of sp³-hybridized carbons (Fsp3) is 0.333. The molecular weight excluding hydrogens is 532 g/mol. The zero-order chi connectivity index (χ0) is 28.0. The van der Waals surface area contributed by atoms with Crippen molar-refractivity contribution in [2.45, 2.75) is 49.8 Å². The normalized spacial score (nSPS) is 15.1. The van der Waals surface area contributed by atoms with E-state index in [0.717, 1.165) is 25.7 Å². The molecule has 2 N–H and O–H groups in total. The number of sulfone groups is 1. The van der Waals surface area contributed by atoms with Crippen LogP contribution in [0.2, 0.25) is 0 Å². The van der Waals surface area contributed by atoms with Gasteiger partial charge in [-0.05, 0) is 68.5 Å². The molecule has 1 aromatic carbocycles. The number of rotatable bonds is 6. The summed E-state index contributed by atoms with van der Waals surface area (Å²) in [6, 6.07) is 6.46. The van der Waals surface area contributed by atoms with Crippen LogP contribution in [0.25, 0.3) is 0 Å². The number of nitrogens with zero attached hydrogens (tertiary/aromatic N) is 3. The molecule has 1 aliphatic carbocycles. The summed E-state index contributed by atoms with van der Waals surface area (Å²) in [5.41, 5.74) is -3.87. The lowest BCUT2D eigenvalue weighted by Gasteiger charge is -2.36. The molecule has 0 atom stereocenters. The number of carbonyl (C=O) groups is 1. The first-order valence-electron chi connectivity index (χ1n) is 11.2. The lowest BCUT2D eigenvalue weighted by atomic mass is 9.77. The van der Waals surface area contributed by atoms with Crippen molar-refractivity contribution in [1.82, 2.24) is 15.2 Å². The lowest BCUT2D eigenvalue weighted by molar-refractivity contribution is -0.142. The molecule has 4 rings (SSSR count). The number of ether oxygens (including phenoxy) is 1. The van der Waals surface area contributed by atoms with Gasteiger partial charge in [0.15, 0.2) is 21.3 Å². The van der Waals surface area contributed by atoms with E-state index >= 15 is 0 Å². The third kappa shape index (κ3) is 5.31. The number of hydrogen-bond acceptors (Lipinski definition) is 8. The van der Waals surface area contributed by atoms with Gasteiger partial charge in [-0.25, -0.2) is 13.4 Å². The predicted octanol–water partition coefficient (Wildman–Crippen LogP) is 4.47. The molecule has 0 spiro atoms. The Hall–Kier alpha value is -3.65. The standard InChI is InChI=1S/C24H22F4N4O5S/c1-12-10-16(23(34)8-5-9-23)30-20(25)18(12)37-22-17(13(2)19(31-32-22)24(26,27)28)21(33)29-14-6-4-7-15(11-14)38(3,35)36/h4,6-7,10-11,34H,5,8-9H2,1-3H3,(H,29,33). The van der Waals surface area contributed by atoms with E-state index in [-0.39, 0.29) is 21.8 Å². The van der Waals surface area contributed by atoms with Crippen LogP contribution in [-0.4, -0.2) is 40.9 Å². The Bertz CT molecular complexity index is 1520. The molecule has 0 bridgehead atoms. The number of aryl methyl sites for hydroxylation is 1. The van der Waals surface area contributed by atoms with Gasteiger partial charge < -0.3 is 15.2 Å². The number of aromatic nitrogens is 3. The van der Waals surface area contributed by atoms with Gasteiger partial charge in [0.25, 0.3) is 17.7 Å². The van der Waals surface area contributed by atoms with Crippen LogP contribution in [0, 0.1) is 19.8 Å². The Kier molecular flexibility index (Phi) is 6.91. The molecule has 0 aliphatic heterocycles. The van der Waals surface area contributed by atoms with E-state index in [2.05, 4.69) is 20.5 Å². The zero-order valence-corrected chi connectivity index (χ0v) is 21.2. The summed E-state index contributed by atoms with van der Waals surface area (Å²) < 4.78 is 84.8. The Morgan fingerprint density at radius 3 is 2.39 bits per heavy atom. The van der Waals surface area contributed by atoms with Crippen LogP contribution in [0.3, 0.4) is 0 Å². The maximum absolute atomic E-state index is 15.0. The molecule has 2 aromatic heterocycles. The van der Waals surface area contributed by atoms with Gasteiger partial charge in [-0.2, -0.15) is 17.6 Å². The van der Waals surface area contributed by atoms with Crippen molar-refractivity contribution in [2.75, 3.05) is 11.6 Å². The van der Waals surface area contributed by atoms with Crippen molar-refractivity contribution in [1.29, 1.82) is 0 Å². The van der Waals surface area contributed by atoms with Crippen molar-refractivity contribution >= 4 is 21.4 Å². The van der Waals surface area contributed by atoms with Crippen LogP contribution in [0.4, 0.5) is 23.2 Å². The van der Waals surface area contributed by atoms with Crippen LogP contribution < -0.4 is 10.1 Å². The first-order chi connectivity index (χ1) is 17.6. The summed E-state index contributed by atoms with van der Waals surface area (Å²) in [7, 11) is -3.64. The van der Waals surface area contributed by atoms with E-state index in [4.69, 9.17) is 4.74 Å². The van der Waals surface area contributed by atoms with Crippen molar-refractivity contribution in [3.8, 4) is 11.6 Å². The molecule has 2 heterocycles. The average Bonchev–Trinajstić information content (AvgIpc) is 2.78. The van der Waals surface area contributed by atoms with Crippen molar-refractivity contribution in [3.05, 3.63) is 64.4 Å². The monoisotopic (exact) mass is 554 g/mol. The number of amides is 1. The number of nitrogens with one attached hydrogen (secondary N) is 1. The summed E-state index contributed by atoms with van der Waals surface area (Å²) in [5.74, 6) is -3.54. The van der Waals surface area contributed by atoms with Crippen LogP contribution in [0.5, 0.6) is 11.6 Å². The number of hydrogen-bond donors (Lipinski definition) is 2. The zero-order valence-electron chi connectivity index (χ0n) is 20.4. The number of benzene rings is 1. The molecule has 202 valence electrons. The summed E-state index contributed by atoms with van der Waals surface area (Å²) in [6.07, 6.45) is -2.49. The summed E-state index contributed by atoms with van der Waals surface area (Å²) in [4.78, 5) is 16.8. The second kappa shape index (κ2) is 9.58. The third-order valence-corrected chi connectivity index (χ3v) is 7.28. The first-order valence-corrected chi connectivity index (χ1v) is 13.1. The maximum atomic E-state index is 15.0. The van der Waals surface area contributed by atoms with E-state index in [9.17, 15) is 35.9 Å². The van der Waals surface area contributed by atoms with Gasteiger partial charge in [0, 0.05) is 11.9 Å². The molecular formula is C24H22F4N4O5S. The second-order valence-electron chi connectivity index (χ2n) is 9.04. The summed E-state index contributed by atoms with van der Waals surface area (Å²) in [6.45, 7) is 2.41. The molecule has 14 heteroatoms. The van der Waals surface area contributed by atoms with Gasteiger partial charge in [-0.3, -0.25) is 4.79 Å². The van der Waals surface area contributed by atoms with E-state index in [0.29, 0.717) is 12.8 Å². The van der Waals surface area contributed by atoms with Gasteiger partial charge in [0.1, 0.15) is 11.2 Å². The summed E-state index contributed by atoms with van der Waals surface area (Å²) in [5, 5.41) is 19.4.